The Morgan fingerprint density at radius 3 is 2.57 bits per heavy atom. The molecule has 58 heavy (non-hydrogen) atoms. The number of amides is 3. The molecule has 4 aromatic rings. The van der Waals surface area contributed by atoms with Crippen molar-refractivity contribution >= 4 is 44.3 Å². The van der Waals surface area contributed by atoms with Gasteiger partial charge in [0, 0.05) is 41.1 Å². The summed E-state index contributed by atoms with van der Waals surface area (Å²) in [6.07, 6.45) is 7.83. The molecule has 5 atom stereocenters. The van der Waals surface area contributed by atoms with Crippen molar-refractivity contribution in [2.75, 3.05) is 19.0 Å². The Labute approximate surface area is 337 Å². The summed E-state index contributed by atoms with van der Waals surface area (Å²) in [4.78, 5) is 49.7. The van der Waals surface area contributed by atoms with Crippen LogP contribution in [-0.4, -0.2) is 78.2 Å². The highest BCUT2D eigenvalue weighted by Crippen LogP contribution is 2.47. The minimum absolute atomic E-state index is 0.0359. The Bertz CT molecular complexity index is 2370. The summed E-state index contributed by atoms with van der Waals surface area (Å²) in [7, 11) is -2.41. The standard InChI is InChI=1S/C44H48FN5O7S/c1-43(20-21-43)58(54,55)49-42(53)44-26-29(44)14-9-4-3-5-10-17-35(46-31-16-11-15-30(45)22-31)41(52)50-27-33(24-38(50)40(51)48-44)57-39-25-36(28-12-7-6-8-13-28)47-37-23-32(56-2)18-19-34(37)39/h6-9,11-16,18-19,22-23,25,29,33,35,38,46H,3-5,10,17,20-21,24,26-27H2,1-2H3,(H,48,51)(H,49,53)/b14-9-/t29-,33+,35-,38-,44+/m0/s1. The fourth-order valence-electron chi connectivity index (χ4n) is 8.06. The van der Waals surface area contributed by atoms with Crippen LogP contribution in [0, 0.1) is 11.7 Å². The quantitative estimate of drug-likeness (QED) is 0.166. The van der Waals surface area contributed by atoms with Crippen molar-refractivity contribution in [3.05, 3.63) is 96.8 Å². The molecule has 0 bridgehead atoms. The lowest BCUT2D eigenvalue weighted by Crippen LogP contribution is -2.58. The van der Waals surface area contributed by atoms with Crippen LogP contribution in [0.15, 0.2) is 91.0 Å². The predicted molar refractivity (Wildman–Crippen MR) is 218 cm³/mol. The second-order valence-corrected chi connectivity index (χ2v) is 18.4. The molecule has 1 aromatic heterocycles. The monoisotopic (exact) mass is 809 g/mol. The third-order valence-corrected chi connectivity index (χ3v) is 14.1. The number of nitrogens with one attached hydrogen (secondary N) is 3. The number of anilines is 1. The molecular formula is C44H48FN5O7S. The van der Waals surface area contributed by atoms with Gasteiger partial charge in [-0.2, -0.15) is 0 Å². The number of fused-ring (bicyclic) bond motifs is 3. The van der Waals surface area contributed by atoms with E-state index in [2.05, 4.69) is 15.4 Å². The minimum Gasteiger partial charge on any atom is -0.497 e. The highest BCUT2D eigenvalue weighted by atomic mass is 32.2. The summed E-state index contributed by atoms with van der Waals surface area (Å²) in [5, 5.41) is 6.89. The van der Waals surface area contributed by atoms with E-state index in [-0.39, 0.29) is 25.3 Å². The number of sulfonamides is 1. The molecule has 2 aliphatic carbocycles. The number of hydrogen-bond acceptors (Lipinski definition) is 9. The smallest absolute Gasteiger partial charge is 0.259 e. The van der Waals surface area contributed by atoms with Crippen LogP contribution in [0.1, 0.15) is 64.7 Å². The molecule has 304 valence electrons. The van der Waals surface area contributed by atoms with Crippen molar-refractivity contribution in [1.29, 1.82) is 0 Å². The zero-order valence-electron chi connectivity index (χ0n) is 32.6. The van der Waals surface area contributed by atoms with E-state index in [0.29, 0.717) is 65.9 Å². The Hall–Kier alpha value is -5.50. The van der Waals surface area contributed by atoms with Crippen molar-refractivity contribution < 1.29 is 36.7 Å². The van der Waals surface area contributed by atoms with Gasteiger partial charge in [-0.25, -0.2) is 17.8 Å². The molecule has 2 saturated carbocycles. The first kappa shape index (κ1) is 39.3. The number of rotatable bonds is 9. The number of ether oxygens (including phenoxy) is 2. The fraction of sp³-hybridized carbons (Fsp3) is 0.409. The largest absolute Gasteiger partial charge is 0.497 e. The van der Waals surface area contributed by atoms with E-state index in [0.717, 1.165) is 18.4 Å². The third kappa shape index (κ3) is 7.98. The summed E-state index contributed by atoms with van der Waals surface area (Å²) in [5.41, 5.74) is 1.08. The molecule has 0 radical (unpaired) electrons. The van der Waals surface area contributed by atoms with Crippen molar-refractivity contribution in [3.8, 4) is 22.8 Å². The van der Waals surface area contributed by atoms with Crippen LogP contribution in [0.3, 0.4) is 0 Å². The van der Waals surface area contributed by atoms with Gasteiger partial charge in [-0.15, -0.1) is 0 Å². The lowest BCUT2D eigenvalue weighted by molar-refractivity contribution is -0.140. The number of pyridine rings is 1. The Morgan fingerprint density at radius 1 is 1.00 bits per heavy atom. The van der Waals surface area contributed by atoms with Gasteiger partial charge in [-0.1, -0.05) is 61.4 Å². The molecule has 0 spiro atoms. The van der Waals surface area contributed by atoms with Crippen LogP contribution < -0.4 is 24.8 Å². The average Bonchev–Trinajstić information content (AvgIpc) is 4.09. The lowest BCUT2D eigenvalue weighted by Gasteiger charge is -2.30. The zero-order valence-corrected chi connectivity index (χ0v) is 33.4. The number of allylic oxidation sites excluding steroid dienone is 1. The summed E-state index contributed by atoms with van der Waals surface area (Å²) in [6, 6.07) is 21.0. The van der Waals surface area contributed by atoms with Crippen molar-refractivity contribution in [3.63, 3.8) is 0 Å². The average molecular weight is 810 g/mol. The molecule has 0 unspecified atom stereocenters. The van der Waals surface area contributed by atoms with Gasteiger partial charge >= 0.3 is 0 Å². The van der Waals surface area contributed by atoms with E-state index >= 15 is 0 Å². The van der Waals surface area contributed by atoms with Crippen LogP contribution >= 0.6 is 0 Å². The van der Waals surface area contributed by atoms with Gasteiger partial charge in [-0.3, -0.25) is 19.1 Å². The van der Waals surface area contributed by atoms with Gasteiger partial charge in [0.1, 0.15) is 41.0 Å². The maximum atomic E-state index is 14.8. The maximum absolute atomic E-state index is 14.8. The molecular weight excluding hydrogens is 762 g/mol. The molecule has 4 aliphatic rings. The van der Waals surface area contributed by atoms with Gasteiger partial charge in [-0.05, 0) is 75.8 Å². The van der Waals surface area contributed by atoms with Gasteiger partial charge in [0.25, 0.3) is 5.91 Å². The maximum Gasteiger partial charge on any atom is 0.259 e. The number of aromatic nitrogens is 1. The molecule has 3 fully saturated rings. The number of halogens is 1. The highest BCUT2D eigenvalue weighted by molar-refractivity contribution is 7.91. The van der Waals surface area contributed by atoms with Gasteiger partial charge in [0.15, 0.2) is 0 Å². The molecule has 8 rings (SSSR count). The van der Waals surface area contributed by atoms with Crippen LogP contribution in [0.2, 0.25) is 0 Å². The molecule has 3 amide bonds. The normalized spacial score (nSPS) is 26.2. The molecule has 14 heteroatoms. The predicted octanol–water partition coefficient (Wildman–Crippen LogP) is 6.27. The van der Waals surface area contributed by atoms with Crippen molar-refractivity contribution in [1.82, 2.24) is 19.9 Å². The SMILES string of the molecule is COc1ccc2c(O[C@@H]3C[C@H]4C(=O)N[C@]5(C(=O)NS(=O)(=O)C6(C)CC6)C[C@@H]5/C=C\CCCCC[C@H](Nc5cccc(F)c5)C(=O)N4C3)cc(-c3ccccc3)nc2c1. The minimum atomic E-state index is -3.99. The van der Waals surface area contributed by atoms with Gasteiger partial charge in [0.2, 0.25) is 21.8 Å². The van der Waals surface area contributed by atoms with E-state index in [9.17, 15) is 27.2 Å². The van der Waals surface area contributed by atoms with E-state index in [1.807, 2.05) is 66.7 Å². The number of carbonyl (C=O) groups is 3. The van der Waals surface area contributed by atoms with E-state index in [1.165, 1.54) is 17.0 Å². The first-order valence-electron chi connectivity index (χ1n) is 20.0. The van der Waals surface area contributed by atoms with Crippen LogP contribution in [0.5, 0.6) is 11.5 Å². The highest BCUT2D eigenvalue weighted by Gasteiger charge is 2.63. The first-order valence-corrected chi connectivity index (χ1v) is 21.5. The molecule has 1 saturated heterocycles. The second-order valence-electron chi connectivity index (χ2n) is 16.2. The van der Waals surface area contributed by atoms with Gasteiger partial charge < -0.3 is 25.0 Å². The number of hydrogen-bond donors (Lipinski definition) is 3. The zero-order chi connectivity index (χ0) is 40.7. The number of carbonyl (C=O) groups excluding carboxylic acids is 3. The number of benzene rings is 3. The summed E-state index contributed by atoms with van der Waals surface area (Å²) >= 11 is 0. The van der Waals surface area contributed by atoms with Crippen LogP contribution in [0.25, 0.3) is 22.2 Å². The third-order valence-electron chi connectivity index (χ3n) is 12.0. The number of nitrogens with zero attached hydrogens (tertiary/aromatic N) is 2. The first-order chi connectivity index (χ1) is 27.9. The summed E-state index contributed by atoms with van der Waals surface area (Å²) in [6.45, 7) is 1.63. The Morgan fingerprint density at radius 2 is 1.81 bits per heavy atom. The number of methoxy groups -OCH3 is 1. The molecule has 3 N–H and O–H groups in total. The molecule has 2 aliphatic heterocycles. The summed E-state index contributed by atoms with van der Waals surface area (Å²) in [5.74, 6) is -1.50. The van der Waals surface area contributed by atoms with E-state index in [1.54, 1.807) is 26.2 Å². The van der Waals surface area contributed by atoms with Gasteiger partial charge in [0.05, 0.1) is 29.6 Å². The van der Waals surface area contributed by atoms with Crippen molar-refractivity contribution in [2.45, 2.75) is 93.2 Å². The summed E-state index contributed by atoms with van der Waals surface area (Å²) < 4.78 is 54.3. The lowest BCUT2D eigenvalue weighted by atomic mass is 10.0. The van der Waals surface area contributed by atoms with E-state index in [4.69, 9.17) is 14.5 Å². The topological polar surface area (TPSA) is 156 Å². The molecule has 3 heterocycles. The second kappa shape index (κ2) is 15.7. The molecule has 3 aromatic carbocycles. The fourth-order valence-corrected chi connectivity index (χ4v) is 9.38. The van der Waals surface area contributed by atoms with Crippen LogP contribution in [0.4, 0.5) is 10.1 Å². The Balaban J connectivity index is 1.14. The van der Waals surface area contributed by atoms with E-state index < -0.39 is 62.0 Å². The Kier molecular flexibility index (Phi) is 10.6. The molecule has 12 nitrogen and oxygen atoms in total. The van der Waals surface area contributed by atoms with Crippen LogP contribution in [-0.2, 0) is 24.4 Å². The van der Waals surface area contributed by atoms with Crippen molar-refractivity contribution in [2.24, 2.45) is 5.92 Å².